The Morgan fingerprint density at radius 2 is 1.04 bits per heavy atom. The second-order valence-corrected chi connectivity index (χ2v) is 13.0. The highest BCUT2D eigenvalue weighted by Gasteiger charge is 2.56. The number of ether oxygens (including phenoxy) is 9. The van der Waals surface area contributed by atoms with Gasteiger partial charge in [0.2, 0.25) is 5.91 Å². The highest BCUT2D eigenvalue weighted by Crippen LogP contribution is 2.35. The first kappa shape index (κ1) is 43.5. The SMILES string of the molecule is CC(=O)NC1C(OC2C(CO)OC(O)C(O)C2OC2OC(C)C(O)C(O)C2OC(C)=O)OC(CO)C(O)C1OC1OC(CO)C(OC(C)=O)C(O)C1O. The number of aliphatic hydroxyl groups is 10. The fourth-order valence-corrected chi connectivity index (χ4v) is 6.50. The van der Waals surface area contributed by atoms with E-state index >= 15 is 0 Å². The van der Waals surface area contributed by atoms with E-state index in [1.165, 1.54) is 6.92 Å². The molecule has 4 heterocycles. The van der Waals surface area contributed by atoms with Gasteiger partial charge in [-0.25, -0.2) is 0 Å². The average Bonchev–Trinajstić information content (AvgIpc) is 3.09. The van der Waals surface area contributed by atoms with Gasteiger partial charge in [0.1, 0.15) is 79.3 Å². The third-order valence-corrected chi connectivity index (χ3v) is 9.12. The Labute approximate surface area is 301 Å². The molecule has 0 aromatic carbocycles. The molecule has 1 amide bonds. The van der Waals surface area contributed by atoms with E-state index in [9.17, 15) is 65.4 Å². The summed E-state index contributed by atoms with van der Waals surface area (Å²) in [6.07, 6.45) is -32.8. The van der Waals surface area contributed by atoms with Gasteiger partial charge in [0.05, 0.1) is 25.9 Å². The van der Waals surface area contributed by atoms with Gasteiger partial charge in [0.25, 0.3) is 0 Å². The van der Waals surface area contributed by atoms with Gasteiger partial charge in [-0.15, -0.1) is 0 Å². The zero-order valence-electron chi connectivity index (χ0n) is 29.0. The minimum absolute atomic E-state index is 0.771. The Bertz CT molecular complexity index is 1230. The monoisotopic (exact) mass is 775 g/mol. The van der Waals surface area contributed by atoms with Crippen LogP contribution in [-0.4, -0.2) is 211 Å². The van der Waals surface area contributed by atoms with Crippen LogP contribution in [0.2, 0.25) is 0 Å². The summed E-state index contributed by atoms with van der Waals surface area (Å²) < 4.78 is 50.3. The van der Waals surface area contributed by atoms with Gasteiger partial charge in [0.15, 0.2) is 37.4 Å². The molecule has 4 fully saturated rings. The van der Waals surface area contributed by atoms with E-state index in [1.807, 2.05) is 0 Å². The number of carbonyl (C=O) groups excluding carboxylic acids is 3. The van der Waals surface area contributed by atoms with E-state index in [4.69, 9.17) is 42.6 Å². The van der Waals surface area contributed by atoms with Gasteiger partial charge in [-0.2, -0.15) is 0 Å². The zero-order chi connectivity index (χ0) is 39.5. The van der Waals surface area contributed by atoms with Crippen LogP contribution in [0, 0.1) is 0 Å². The van der Waals surface area contributed by atoms with Gasteiger partial charge in [-0.3, -0.25) is 14.4 Å². The number of esters is 2. The first-order valence-electron chi connectivity index (χ1n) is 16.7. The summed E-state index contributed by atoms with van der Waals surface area (Å²) in [4.78, 5) is 35.9. The molecule has 4 aliphatic rings. The van der Waals surface area contributed by atoms with Crippen LogP contribution < -0.4 is 5.32 Å². The summed E-state index contributed by atoms with van der Waals surface area (Å²) in [7, 11) is 0. The highest BCUT2D eigenvalue weighted by molar-refractivity contribution is 5.73. The van der Waals surface area contributed by atoms with E-state index < -0.39 is 160 Å². The van der Waals surface area contributed by atoms with E-state index in [1.54, 1.807) is 0 Å². The maximum absolute atomic E-state index is 12.5. The van der Waals surface area contributed by atoms with Crippen molar-refractivity contribution in [3.63, 3.8) is 0 Å². The fourth-order valence-electron chi connectivity index (χ4n) is 6.50. The van der Waals surface area contributed by atoms with Crippen molar-refractivity contribution in [2.45, 2.75) is 150 Å². The van der Waals surface area contributed by atoms with Crippen molar-refractivity contribution in [1.82, 2.24) is 5.32 Å². The van der Waals surface area contributed by atoms with Crippen molar-refractivity contribution in [2.24, 2.45) is 0 Å². The number of nitrogens with one attached hydrogen (secondary N) is 1. The lowest BCUT2D eigenvalue weighted by molar-refractivity contribution is -0.382. The second-order valence-electron chi connectivity index (χ2n) is 13.0. The largest absolute Gasteiger partial charge is 0.457 e. The topological polar surface area (TPSA) is 349 Å². The molecule has 20 atom stereocenters. The van der Waals surface area contributed by atoms with Crippen molar-refractivity contribution >= 4 is 17.8 Å². The molecule has 0 aromatic rings. The third-order valence-electron chi connectivity index (χ3n) is 9.12. The van der Waals surface area contributed by atoms with Crippen LogP contribution in [0.3, 0.4) is 0 Å². The van der Waals surface area contributed by atoms with E-state index in [2.05, 4.69) is 5.32 Å². The molecular formula is C30H49NO22. The minimum atomic E-state index is -2.03. The summed E-state index contributed by atoms with van der Waals surface area (Å²) in [5.74, 6) is -2.55. The fraction of sp³-hybridized carbons (Fsp3) is 0.900. The summed E-state index contributed by atoms with van der Waals surface area (Å²) in [5, 5.41) is 108. The highest BCUT2D eigenvalue weighted by atomic mass is 16.8. The van der Waals surface area contributed by atoms with Crippen LogP contribution in [0.4, 0.5) is 0 Å². The van der Waals surface area contributed by atoms with Crippen LogP contribution >= 0.6 is 0 Å². The second kappa shape index (κ2) is 18.6. The number of hydrogen-bond donors (Lipinski definition) is 11. The van der Waals surface area contributed by atoms with Crippen LogP contribution in [0.1, 0.15) is 27.7 Å². The molecule has 0 aromatic heterocycles. The van der Waals surface area contributed by atoms with Crippen molar-refractivity contribution in [1.29, 1.82) is 0 Å². The van der Waals surface area contributed by atoms with Gasteiger partial charge in [-0.05, 0) is 6.92 Å². The van der Waals surface area contributed by atoms with Crippen molar-refractivity contribution < 1.29 is 108 Å². The minimum Gasteiger partial charge on any atom is -0.457 e. The molecule has 306 valence electrons. The smallest absolute Gasteiger partial charge is 0.303 e. The quantitative estimate of drug-likeness (QED) is 0.0820. The molecule has 23 nitrogen and oxygen atoms in total. The maximum atomic E-state index is 12.5. The van der Waals surface area contributed by atoms with Gasteiger partial charge in [0, 0.05) is 20.8 Å². The van der Waals surface area contributed by atoms with E-state index in [0.29, 0.717) is 0 Å². The maximum Gasteiger partial charge on any atom is 0.303 e. The Morgan fingerprint density at radius 3 is 1.60 bits per heavy atom. The number of carbonyl (C=O) groups is 3. The molecule has 0 bridgehead atoms. The van der Waals surface area contributed by atoms with Crippen LogP contribution in [0.15, 0.2) is 0 Å². The van der Waals surface area contributed by atoms with Crippen LogP contribution in [0.25, 0.3) is 0 Å². The van der Waals surface area contributed by atoms with Gasteiger partial charge < -0.3 is 99.0 Å². The van der Waals surface area contributed by atoms with Crippen molar-refractivity contribution in [2.75, 3.05) is 19.8 Å². The normalized spacial score (nSPS) is 46.3. The lowest BCUT2D eigenvalue weighted by atomic mass is 9.94. The van der Waals surface area contributed by atoms with E-state index in [-0.39, 0.29) is 0 Å². The Morgan fingerprint density at radius 1 is 0.528 bits per heavy atom. The number of aliphatic hydroxyl groups excluding tert-OH is 10. The first-order valence-corrected chi connectivity index (χ1v) is 16.7. The Kier molecular flexibility index (Phi) is 15.2. The first-order chi connectivity index (χ1) is 24.9. The Hall–Kier alpha value is -2.27. The molecule has 0 radical (unpaired) electrons. The van der Waals surface area contributed by atoms with Gasteiger partial charge in [-0.1, -0.05) is 0 Å². The van der Waals surface area contributed by atoms with Crippen molar-refractivity contribution in [3.05, 3.63) is 0 Å². The molecule has 20 unspecified atom stereocenters. The number of hydrogen-bond acceptors (Lipinski definition) is 22. The Balaban J connectivity index is 1.68. The molecule has 23 heteroatoms. The summed E-state index contributed by atoms with van der Waals surface area (Å²) >= 11 is 0. The van der Waals surface area contributed by atoms with Crippen LogP contribution in [-0.2, 0) is 57.0 Å². The van der Waals surface area contributed by atoms with E-state index in [0.717, 1.165) is 20.8 Å². The molecule has 53 heavy (non-hydrogen) atoms. The molecule has 0 saturated carbocycles. The molecule has 0 aliphatic carbocycles. The standard InChI is InChI=1S/C30H49NO22/c1-8-16(38)18(40)26(47-11(4)37)30(45-8)53-25-21(43)27(44)48-14(7-34)23(25)51-28-15(31-9(2)35)24(17(39)12(5-32)49-28)52-29-20(42)19(41)22(46-10(3)36)13(6-33)50-29/h8,12-30,32-34,38-44H,5-7H2,1-4H3,(H,31,35). The summed E-state index contributed by atoms with van der Waals surface area (Å²) in [6.45, 7) is 1.76. The molecule has 4 aliphatic heterocycles. The summed E-state index contributed by atoms with van der Waals surface area (Å²) in [5.41, 5.74) is 0. The number of amides is 1. The van der Waals surface area contributed by atoms with Crippen LogP contribution in [0.5, 0.6) is 0 Å². The predicted molar refractivity (Wildman–Crippen MR) is 163 cm³/mol. The zero-order valence-corrected chi connectivity index (χ0v) is 29.0. The van der Waals surface area contributed by atoms with Crippen molar-refractivity contribution in [3.8, 4) is 0 Å². The molecular weight excluding hydrogens is 726 g/mol. The third kappa shape index (κ3) is 9.76. The lowest BCUT2D eigenvalue weighted by Gasteiger charge is -2.50. The molecule has 0 spiro atoms. The average molecular weight is 776 g/mol. The summed E-state index contributed by atoms with van der Waals surface area (Å²) in [6, 6.07) is -1.63. The molecule has 11 N–H and O–H groups in total. The lowest BCUT2D eigenvalue weighted by Crippen LogP contribution is -2.70. The molecule has 4 saturated heterocycles. The van der Waals surface area contributed by atoms with Gasteiger partial charge >= 0.3 is 11.9 Å². The molecule has 4 rings (SSSR count). The predicted octanol–water partition coefficient (Wildman–Crippen LogP) is -7.44. The number of rotatable bonds is 12.